The Balaban J connectivity index is 1.44. The van der Waals surface area contributed by atoms with Crippen molar-refractivity contribution in [2.75, 3.05) is 19.6 Å². The predicted octanol–water partition coefficient (Wildman–Crippen LogP) is 3.45. The molecule has 1 amide bonds. The van der Waals surface area contributed by atoms with Crippen molar-refractivity contribution in [3.8, 4) is 5.75 Å². The largest absolute Gasteiger partial charge is 0.488 e. The summed E-state index contributed by atoms with van der Waals surface area (Å²) in [6.45, 7) is 7.98. The number of amides is 1. The van der Waals surface area contributed by atoms with Gasteiger partial charge in [-0.1, -0.05) is 25.1 Å². The van der Waals surface area contributed by atoms with Gasteiger partial charge in [0.2, 0.25) is 5.91 Å². The highest BCUT2D eigenvalue weighted by Gasteiger charge is 2.33. The minimum atomic E-state index is 0.0172. The zero-order valence-electron chi connectivity index (χ0n) is 18.1. The molecule has 0 saturated carbocycles. The van der Waals surface area contributed by atoms with Crippen LogP contribution in [0.5, 0.6) is 5.75 Å². The molecule has 6 nitrogen and oxygen atoms in total. The van der Waals surface area contributed by atoms with Gasteiger partial charge in [-0.25, -0.2) is 9.97 Å². The zero-order chi connectivity index (χ0) is 20.9. The predicted molar refractivity (Wildman–Crippen MR) is 116 cm³/mol. The second-order valence-electron chi connectivity index (χ2n) is 8.56. The smallest absolute Gasteiger partial charge is 0.219 e. The van der Waals surface area contributed by atoms with Crippen molar-refractivity contribution < 1.29 is 9.53 Å². The lowest BCUT2D eigenvalue weighted by molar-refractivity contribution is -0.130. The van der Waals surface area contributed by atoms with E-state index in [4.69, 9.17) is 4.74 Å². The van der Waals surface area contributed by atoms with Gasteiger partial charge in [0.1, 0.15) is 17.7 Å². The molecule has 0 radical (unpaired) electrons. The summed E-state index contributed by atoms with van der Waals surface area (Å²) in [5, 5.41) is 0. The fraction of sp³-hybridized carbons (Fsp3) is 0.542. The number of piperidine rings is 1. The van der Waals surface area contributed by atoms with Crippen molar-refractivity contribution in [2.24, 2.45) is 5.92 Å². The molecule has 1 aromatic heterocycles. The molecule has 1 aromatic carbocycles. The van der Waals surface area contributed by atoms with Crippen LogP contribution < -0.4 is 4.74 Å². The number of hydrogen-bond donors (Lipinski definition) is 0. The average Bonchev–Trinajstić information content (AvgIpc) is 2.96. The first-order valence-electron chi connectivity index (χ1n) is 11.1. The number of nitrogens with zero attached hydrogens (tertiary/aromatic N) is 4. The number of benzene rings is 1. The first-order valence-corrected chi connectivity index (χ1v) is 11.1. The summed E-state index contributed by atoms with van der Waals surface area (Å²) in [4.78, 5) is 25.6. The van der Waals surface area contributed by atoms with Gasteiger partial charge in [0, 0.05) is 62.4 Å². The topological polar surface area (TPSA) is 58.6 Å². The maximum atomic E-state index is 12.2. The van der Waals surface area contributed by atoms with Gasteiger partial charge >= 0.3 is 0 Å². The number of carbonyl (C=O) groups excluding carboxylic acids is 1. The van der Waals surface area contributed by atoms with Crippen LogP contribution in [-0.2, 0) is 24.3 Å². The first kappa shape index (κ1) is 20.8. The number of carbonyl (C=O) groups is 1. The molecule has 0 bridgehead atoms. The van der Waals surface area contributed by atoms with E-state index in [2.05, 4.69) is 27.9 Å². The Morgan fingerprint density at radius 1 is 1.20 bits per heavy atom. The van der Waals surface area contributed by atoms with Crippen molar-refractivity contribution in [3.63, 3.8) is 0 Å². The number of aryl methyl sites for hydroxylation is 1. The van der Waals surface area contributed by atoms with E-state index in [1.54, 1.807) is 6.92 Å². The zero-order valence-corrected chi connectivity index (χ0v) is 18.1. The highest BCUT2D eigenvalue weighted by Crippen LogP contribution is 2.30. The van der Waals surface area contributed by atoms with Crippen LogP contribution in [0.25, 0.3) is 0 Å². The van der Waals surface area contributed by atoms with E-state index in [1.807, 2.05) is 35.5 Å². The molecule has 2 aliphatic rings. The molecule has 2 aliphatic heterocycles. The Bertz CT molecular complexity index is 855. The third-order valence-corrected chi connectivity index (χ3v) is 6.16. The number of likely N-dealkylation sites (tertiary alicyclic amines) is 1. The molecule has 6 heteroatoms. The Kier molecular flexibility index (Phi) is 6.62. The molecule has 0 spiro atoms. The van der Waals surface area contributed by atoms with Gasteiger partial charge in [-0.15, -0.1) is 0 Å². The quantitative estimate of drug-likeness (QED) is 0.758. The minimum Gasteiger partial charge on any atom is -0.488 e. The lowest BCUT2D eigenvalue weighted by Gasteiger charge is -2.37. The second-order valence-corrected chi connectivity index (χ2v) is 8.56. The molecule has 0 unspecified atom stereocenters. The van der Waals surface area contributed by atoms with Crippen molar-refractivity contribution in [3.05, 3.63) is 53.6 Å². The van der Waals surface area contributed by atoms with Crippen LogP contribution in [0.1, 0.15) is 50.1 Å². The molecular weight excluding hydrogens is 376 g/mol. The number of para-hydroxylation sites is 1. The normalized spacial score (nSPS) is 22.1. The molecule has 2 atom stereocenters. The van der Waals surface area contributed by atoms with E-state index < -0.39 is 0 Å². The van der Waals surface area contributed by atoms with E-state index in [0.29, 0.717) is 19.0 Å². The Labute approximate surface area is 179 Å². The molecule has 0 N–H and O–H groups in total. The van der Waals surface area contributed by atoms with Gasteiger partial charge in [0.15, 0.2) is 0 Å². The molecule has 1 fully saturated rings. The summed E-state index contributed by atoms with van der Waals surface area (Å²) in [6, 6.07) is 8.11. The van der Waals surface area contributed by atoms with Gasteiger partial charge in [0.05, 0.1) is 6.54 Å². The summed E-state index contributed by atoms with van der Waals surface area (Å²) < 4.78 is 6.47. The summed E-state index contributed by atoms with van der Waals surface area (Å²) >= 11 is 0. The van der Waals surface area contributed by atoms with Gasteiger partial charge in [-0.3, -0.25) is 9.69 Å². The highest BCUT2D eigenvalue weighted by molar-refractivity contribution is 5.73. The van der Waals surface area contributed by atoms with Crippen molar-refractivity contribution in [1.82, 2.24) is 19.8 Å². The highest BCUT2D eigenvalue weighted by atomic mass is 16.5. The van der Waals surface area contributed by atoms with Crippen LogP contribution in [0, 0.1) is 5.92 Å². The molecule has 3 heterocycles. The molecule has 4 rings (SSSR count). The summed E-state index contributed by atoms with van der Waals surface area (Å²) in [7, 11) is 0. The number of ether oxygens (including phenoxy) is 1. The molecule has 30 heavy (non-hydrogen) atoms. The first-order chi connectivity index (χ1) is 14.6. The monoisotopic (exact) mass is 408 g/mol. The average molecular weight is 409 g/mol. The van der Waals surface area contributed by atoms with E-state index in [-0.39, 0.29) is 12.0 Å². The van der Waals surface area contributed by atoms with Crippen molar-refractivity contribution >= 4 is 5.91 Å². The number of fused-ring (bicyclic) bond motifs is 1. The van der Waals surface area contributed by atoms with E-state index in [1.165, 1.54) is 0 Å². The summed E-state index contributed by atoms with van der Waals surface area (Å²) in [5.74, 6) is 2.35. The lowest BCUT2D eigenvalue weighted by atomic mass is 9.91. The van der Waals surface area contributed by atoms with Crippen LogP contribution in [0.4, 0.5) is 0 Å². The molecular formula is C24H32N4O2. The van der Waals surface area contributed by atoms with E-state index in [0.717, 1.165) is 68.0 Å². The number of aromatic nitrogens is 2. The Morgan fingerprint density at radius 2 is 2.00 bits per heavy atom. The van der Waals surface area contributed by atoms with Crippen LogP contribution >= 0.6 is 0 Å². The number of rotatable bonds is 5. The minimum absolute atomic E-state index is 0.0172. The third kappa shape index (κ3) is 4.98. The van der Waals surface area contributed by atoms with Crippen LogP contribution in [0.2, 0.25) is 0 Å². The van der Waals surface area contributed by atoms with Gasteiger partial charge in [-0.05, 0) is 31.9 Å². The second kappa shape index (κ2) is 9.56. The van der Waals surface area contributed by atoms with Gasteiger partial charge in [0.25, 0.3) is 0 Å². The summed E-state index contributed by atoms with van der Waals surface area (Å²) in [5.41, 5.74) is 2.25. The van der Waals surface area contributed by atoms with Crippen LogP contribution in [0.15, 0.2) is 36.7 Å². The Morgan fingerprint density at radius 3 is 2.77 bits per heavy atom. The maximum absolute atomic E-state index is 12.2. The number of hydrogen-bond acceptors (Lipinski definition) is 5. The van der Waals surface area contributed by atoms with E-state index in [9.17, 15) is 4.79 Å². The fourth-order valence-electron chi connectivity index (χ4n) is 4.53. The Hall–Kier alpha value is -2.47. The van der Waals surface area contributed by atoms with Crippen molar-refractivity contribution in [2.45, 2.75) is 58.7 Å². The van der Waals surface area contributed by atoms with Crippen LogP contribution in [-0.4, -0.2) is 51.4 Å². The maximum Gasteiger partial charge on any atom is 0.219 e. The van der Waals surface area contributed by atoms with Crippen LogP contribution in [0.3, 0.4) is 0 Å². The van der Waals surface area contributed by atoms with Gasteiger partial charge in [-0.2, -0.15) is 0 Å². The lowest BCUT2D eigenvalue weighted by Crippen LogP contribution is -2.46. The standard InChI is InChI=1S/C24H32N4O2/c1-3-7-24-25-12-19(13-26-24)14-27-11-6-9-20(15-27)23-17-28(18(2)29)16-21-8-4-5-10-22(21)30-23/h4-5,8,10,12-13,20,23H,3,6-7,9,11,14-17H2,1-2H3/t20-,23+/m0/s1. The van der Waals surface area contributed by atoms with E-state index >= 15 is 0 Å². The van der Waals surface area contributed by atoms with Crippen molar-refractivity contribution in [1.29, 1.82) is 0 Å². The SMILES string of the molecule is CCCc1ncc(CN2CCC[C@H]([C@H]3CN(C(C)=O)Cc4ccccc4O3)C2)cn1. The fourth-order valence-corrected chi connectivity index (χ4v) is 4.53. The molecule has 160 valence electrons. The molecule has 0 aliphatic carbocycles. The molecule has 1 saturated heterocycles. The summed E-state index contributed by atoms with van der Waals surface area (Å²) in [6.07, 6.45) is 8.22. The van der Waals surface area contributed by atoms with Gasteiger partial charge < -0.3 is 9.64 Å². The molecule has 2 aromatic rings. The third-order valence-electron chi connectivity index (χ3n) is 6.16.